The number of nitro groups is 1. The molecule has 0 aliphatic rings. The number of non-ortho nitro benzene ring substituents is 1. The summed E-state index contributed by atoms with van der Waals surface area (Å²) in [6, 6.07) is 22.2. The van der Waals surface area contributed by atoms with Crippen LogP contribution in [0.1, 0.15) is 5.56 Å². The van der Waals surface area contributed by atoms with Gasteiger partial charge in [0.15, 0.2) is 5.82 Å². The predicted molar refractivity (Wildman–Crippen MR) is 102 cm³/mol. The Morgan fingerprint density at radius 3 is 2.38 bits per heavy atom. The summed E-state index contributed by atoms with van der Waals surface area (Å²) in [6.07, 6.45) is 0. The summed E-state index contributed by atoms with van der Waals surface area (Å²) in [7, 11) is 0. The molecular formula is C21H15N3O2. The summed E-state index contributed by atoms with van der Waals surface area (Å²) < 4.78 is 0. The SMILES string of the molecule is Cc1ccc2nc(-c3ccccc3)nc(-c3cccc([N+](=O)[O-])c3)c2c1. The number of rotatable bonds is 3. The molecule has 0 atom stereocenters. The van der Waals surface area contributed by atoms with Crippen molar-refractivity contribution in [1.82, 2.24) is 9.97 Å². The maximum atomic E-state index is 11.2. The van der Waals surface area contributed by atoms with Crippen molar-refractivity contribution in [1.29, 1.82) is 0 Å². The minimum atomic E-state index is -0.393. The van der Waals surface area contributed by atoms with Gasteiger partial charge in [0, 0.05) is 28.6 Å². The van der Waals surface area contributed by atoms with Gasteiger partial charge in [-0.1, -0.05) is 54.1 Å². The predicted octanol–water partition coefficient (Wildman–Crippen LogP) is 5.18. The Labute approximate surface area is 150 Å². The quantitative estimate of drug-likeness (QED) is 0.380. The monoisotopic (exact) mass is 341 g/mol. The molecule has 0 radical (unpaired) electrons. The molecule has 5 nitrogen and oxygen atoms in total. The molecule has 0 bridgehead atoms. The molecular weight excluding hydrogens is 326 g/mol. The van der Waals surface area contributed by atoms with Gasteiger partial charge in [0.2, 0.25) is 0 Å². The van der Waals surface area contributed by atoms with Gasteiger partial charge in [-0.25, -0.2) is 9.97 Å². The zero-order chi connectivity index (χ0) is 18.1. The molecule has 3 aromatic carbocycles. The summed E-state index contributed by atoms with van der Waals surface area (Å²) in [5.74, 6) is 0.600. The molecule has 0 spiro atoms. The van der Waals surface area contributed by atoms with E-state index < -0.39 is 4.92 Å². The van der Waals surface area contributed by atoms with E-state index in [-0.39, 0.29) is 5.69 Å². The second kappa shape index (κ2) is 6.37. The van der Waals surface area contributed by atoms with Crippen molar-refractivity contribution in [3.8, 4) is 22.6 Å². The molecule has 4 aromatic rings. The third-order valence-electron chi connectivity index (χ3n) is 4.21. The highest BCUT2D eigenvalue weighted by Crippen LogP contribution is 2.31. The normalized spacial score (nSPS) is 10.8. The van der Waals surface area contributed by atoms with Crippen molar-refractivity contribution < 1.29 is 4.92 Å². The lowest BCUT2D eigenvalue weighted by atomic mass is 10.0. The average Bonchev–Trinajstić information content (AvgIpc) is 2.68. The molecule has 1 heterocycles. The molecule has 26 heavy (non-hydrogen) atoms. The first kappa shape index (κ1) is 15.9. The second-order valence-corrected chi connectivity index (χ2v) is 6.09. The highest BCUT2D eigenvalue weighted by atomic mass is 16.6. The van der Waals surface area contributed by atoms with Gasteiger partial charge >= 0.3 is 0 Å². The summed E-state index contributed by atoms with van der Waals surface area (Å²) in [5.41, 5.74) is 4.24. The maximum absolute atomic E-state index is 11.2. The van der Waals surface area contributed by atoms with E-state index in [1.54, 1.807) is 12.1 Å². The number of aromatic nitrogens is 2. The van der Waals surface area contributed by atoms with Crippen LogP contribution in [0.25, 0.3) is 33.5 Å². The second-order valence-electron chi connectivity index (χ2n) is 6.09. The van der Waals surface area contributed by atoms with Gasteiger partial charge in [-0.05, 0) is 19.1 Å². The molecule has 0 saturated carbocycles. The Kier molecular flexibility index (Phi) is 3.89. The Bertz CT molecular complexity index is 1120. The van der Waals surface area contributed by atoms with E-state index in [0.29, 0.717) is 17.1 Å². The zero-order valence-corrected chi connectivity index (χ0v) is 14.1. The smallest absolute Gasteiger partial charge is 0.258 e. The topological polar surface area (TPSA) is 68.9 Å². The van der Waals surface area contributed by atoms with Gasteiger partial charge in [0.1, 0.15) is 0 Å². The fourth-order valence-corrected chi connectivity index (χ4v) is 2.95. The molecule has 4 rings (SSSR count). The van der Waals surface area contributed by atoms with Crippen LogP contribution in [0.2, 0.25) is 0 Å². The van der Waals surface area contributed by atoms with Gasteiger partial charge in [0.05, 0.1) is 16.1 Å². The van der Waals surface area contributed by atoms with Crippen LogP contribution < -0.4 is 0 Å². The largest absolute Gasteiger partial charge is 0.270 e. The number of nitrogens with zero attached hydrogens (tertiary/aromatic N) is 3. The van der Waals surface area contributed by atoms with E-state index in [4.69, 9.17) is 4.98 Å². The highest BCUT2D eigenvalue weighted by molar-refractivity contribution is 5.94. The molecule has 126 valence electrons. The lowest BCUT2D eigenvalue weighted by Crippen LogP contribution is -1.96. The first-order chi connectivity index (χ1) is 12.6. The van der Waals surface area contributed by atoms with Crippen molar-refractivity contribution in [2.45, 2.75) is 6.92 Å². The van der Waals surface area contributed by atoms with Gasteiger partial charge in [-0.15, -0.1) is 0 Å². The van der Waals surface area contributed by atoms with Crippen molar-refractivity contribution in [3.05, 3.63) is 88.5 Å². The maximum Gasteiger partial charge on any atom is 0.270 e. The lowest BCUT2D eigenvalue weighted by molar-refractivity contribution is -0.384. The minimum Gasteiger partial charge on any atom is -0.258 e. The molecule has 5 heteroatoms. The molecule has 0 saturated heterocycles. The molecule has 0 aliphatic carbocycles. The molecule has 0 unspecified atom stereocenters. The van der Waals surface area contributed by atoms with Crippen LogP contribution in [0, 0.1) is 17.0 Å². The van der Waals surface area contributed by atoms with E-state index >= 15 is 0 Å². The zero-order valence-electron chi connectivity index (χ0n) is 14.1. The molecule has 0 fully saturated rings. The van der Waals surface area contributed by atoms with Crippen LogP contribution in [0.3, 0.4) is 0 Å². The van der Waals surface area contributed by atoms with Crippen molar-refractivity contribution >= 4 is 16.6 Å². The molecule has 0 N–H and O–H groups in total. The Balaban J connectivity index is 2.01. The van der Waals surface area contributed by atoms with Crippen LogP contribution in [0.5, 0.6) is 0 Å². The lowest BCUT2D eigenvalue weighted by Gasteiger charge is -2.10. The van der Waals surface area contributed by atoms with E-state index in [0.717, 1.165) is 22.0 Å². The number of hydrogen-bond donors (Lipinski definition) is 0. The molecule has 0 aliphatic heterocycles. The standard InChI is InChI=1S/C21H15N3O2/c1-14-10-11-19-18(12-14)20(16-8-5-9-17(13-16)24(25)26)23-21(22-19)15-6-3-2-4-7-15/h2-13H,1H3. The third kappa shape index (κ3) is 2.91. The van der Waals surface area contributed by atoms with Crippen LogP contribution in [0.4, 0.5) is 5.69 Å². The van der Waals surface area contributed by atoms with Crippen molar-refractivity contribution in [2.24, 2.45) is 0 Å². The van der Waals surface area contributed by atoms with Gasteiger partial charge in [-0.3, -0.25) is 10.1 Å². The van der Waals surface area contributed by atoms with Gasteiger partial charge < -0.3 is 0 Å². The summed E-state index contributed by atoms with van der Waals surface area (Å²) >= 11 is 0. The van der Waals surface area contributed by atoms with Crippen LogP contribution in [-0.2, 0) is 0 Å². The van der Waals surface area contributed by atoms with Crippen LogP contribution in [0.15, 0.2) is 72.8 Å². The number of nitro benzene ring substituents is 1. The third-order valence-corrected chi connectivity index (χ3v) is 4.21. The first-order valence-electron chi connectivity index (χ1n) is 8.20. The van der Waals surface area contributed by atoms with Crippen LogP contribution >= 0.6 is 0 Å². The fraction of sp³-hybridized carbons (Fsp3) is 0.0476. The van der Waals surface area contributed by atoms with E-state index in [1.165, 1.54) is 6.07 Å². The van der Waals surface area contributed by atoms with Crippen LogP contribution in [-0.4, -0.2) is 14.9 Å². The molecule has 1 aromatic heterocycles. The Morgan fingerprint density at radius 2 is 1.62 bits per heavy atom. The molecule has 0 amide bonds. The van der Waals surface area contributed by atoms with Crippen molar-refractivity contribution in [3.63, 3.8) is 0 Å². The first-order valence-corrected chi connectivity index (χ1v) is 8.20. The Hall–Kier alpha value is -3.60. The van der Waals surface area contributed by atoms with E-state index in [2.05, 4.69) is 4.98 Å². The van der Waals surface area contributed by atoms with E-state index in [1.807, 2.05) is 61.5 Å². The number of benzene rings is 3. The van der Waals surface area contributed by atoms with Gasteiger partial charge in [-0.2, -0.15) is 0 Å². The Morgan fingerprint density at radius 1 is 0.846 bits per heavy atom. The fourth-order valence-electron chi connectivity index (χ4n) is 2.95. The minimum absolute atomic E-state index is 0.0446. The summed E-state index contributed by atoms with van der Waals surface area (Å²) in [5, 5.41) is 12.0. The summed E-state index contributed by atoms with van der Waals surface area (Å²) in [4.78, 5) is 20.2. The summed E-state index contributed by atoms with van der Waals surface area (Å²) in [6.45, 7) is 2.00. The highest BCUT2D eigenvalue weighted by Gasteiger charge is 2.14. The van der Waals surface area contributed by atoms with Crippen molar-refractivity contribution in [2.75, 3.05) is 0 Å². The average molecular weight is 341 g/mol. The number of hydrogen-bond acceptors (Lipinski definition) is 4. The number of fused-ring (bicyclic) bond motifs is 1. The van der Waals surface area contributed by atoms with Gasteiger partial charge in [0.25, 0.3) is 5.69 Å². The van der Waals surface area contributed by atoms with E-state index in [9.17, 15) is 10.1 Å². The number of aryl methyl sites for hydroxylation is 1.